The molecule has 0 amide bonds. The van der Waals surface area contributed by atoms with Crippen LogP contribution in [0.3, 0.4) is 0 Å². The Labute approximate surface area is 91.6 Å². The Hall–Kier alpha value is -0.350. The van der Waals surface area contributed by atoms with E-state index in [4.69, 9.17) is 17.0 Å². The maximum Gasteiger partial charge on any atom is 0.166 e. The summed E-state index contributed by atoms with van der Waals surface area (Å²) < 4.78 is 5.57. The number of thiocarbonyl (C=S) groups is 1. The zero-order valence-corrected chi connectivity index (χ0v) is 9.82. The fourth-order valence-electron chi connectivity index (χ4n) is 1.59. The van der Waals surface area contributed by atoms with Crippen molar-refractivity contribution in [1.29, 1.82) is 0 Å². The van der Waals surface area contributed by atoms with Crippen LogP contribution in [0.15, 0.2) is 0 Å². The third-order valence-corrected chi connectivity index (χ3v) is 2.68. The quantitative estimate of drug-likeness (QED) is 0.697. The molecule has 4 heteroatoms. The number of ether oxygens (including phenoxy) is 1. The molecule has 0 aromatic carbocycles. The van der Waals surface area contributed by atoms with Crippen LogP contribution in [0.5, 0.6) is 0 Å². The fraction of sp³-hybridized carbons (Fsp3) is 0.900. The van der Waals surface area contributed by atoms with E-state index in [-0.39, 0.29) is 0 Å². The van der Waals surface area contributed by atoms with Gasteiger partial charge < -0.3 is 15.4 Å². The van der Waals surface area contributed by atoms with Crippen molar-refractivity contribution < 1.29 is 4.74 Å². The summed E-state index contributed by atoms with van der Waals surface area (Å²) in [5, 5.41) is 7.15. The van der Waals surface area contributed by atoms with Gasteiger partial charge in [0.2, 0.25) is 0 Å². The summed E-state index contributed by atoms with van der Waals surface area (Å²) in [5.74, 6) is 0. The Morgan fingerprint density at radius 3 is 3.00 bits per heavy atom. The second kappa shape index (κ2) is 6.19. The molecule has 3 nitrogen and oxygen atoms in total. The van der Waals surface area contributed by atoms with Gasteiger partial charge in [0.05, 0.1) is 12.1 Å². The minimum absolute atomic E-state index is 0.314. The van der Waals surface area contributed by atoms with Crippen molar-refractivity contribution in [2.45, 2.75) is 45.3 Å². The Morgan fingerprint density at radius 2 is 2.43 bits per heavy atom. The van der Waals surface area contributed by atoms with Crippen LogP contribution in [0, 0.1) is 0 Å². The second-order valence-corrected chi connectivity index (χ2v) is 4.15. The molecule has 0 saturated carbocycles. The summed E-state index contributed by atoms with van der Waals surface area (Å²) in [6.07, 6.45) is 3.74. The highest BCUT2D eigenvalue weighted by Crippen LogP contribution is 2.15. The van der Waals surface area contributed by atoms with E-state index in [1.54, 1.807) is 0 Å². The number of nitrogens with one attached hydrogen (secondary N) is 2. The van der Waals surface area contributed by atoms with Crippen molar-refractivity contribution in [3.8, 4) is 0 Å². The molecule has 1 rings (SSSR count). The van der Waals surface area contributed by atoms with Gasteiger partial charge in [-0.15, -0.1) is 0 Å². The topological polar surface area (TPSA) is 33.3 Å². The van der Waals surface area contributed by atoms with E-state index in [1.165, 1.54) is 6.42 Å². The highest BCUT2D eigenvalue weighted by Gasteiger charge is 2.22. The fourth-order valence-corrected chi connectivity index (χ4v) is 1.87. The molecule has 14 heavy (non-hydrogen) atoms. The van der Waals surface area contributed by atoms with Crippen molar-refractivity contribution >= 4 is 17.3 Å². The van der Waals surface area contributed by atoms with Gasteiger partial charge in [0.15, 0.2) is 5.11 Å². The second-order valence-electron chi connectivity index (χ2n) is 3.74. The van der Waals surface area contributed by atoms with Gasteiger partial charge in [-0.2, -0.15) is 0 Å². The number of hydrogen-bond acceptors (Lipinski definition) is 2. The first-order valence-corrected chi connectivity index (χ1v) is 5.81. The van der Waals surface area contributed by atoms with Crippen molar-refractivity contribution in [3.05, 3.63) is 0 Å². The Kier molecular flexibility index (Phi) is 5.19. The minimum Gasteiger partial charge on any atom is -0.376 e. The molecule has 1 heterocycles. The molecule has 1 aliphatic rings. The lowest BCUT2D eigenvalue weighted by Crippen LogP contribution is -2.45. The maximum absolute atomic E-state index is 5.57. The van der Waals surface area contributed by atoms with Crippen LogP contribution in [-0.2, 0) is 4.74 Å². The highest BCUT2D eigenvalue weighted by atomic mass is 32.1. The Morgan fingerprint density at radius 1 is 1.64 bits per heavy atom. The molecule has 0 aliphatic carbocycles. The molecule has 2 N–H and O–H groups in total. The molecule has 82 valence electrons. The Bertz CT molecular complexity index is 181. The number of rotatable bonds is 4. The molecule has 0 aromatic rings. The van der Waals surface area contributed by atoms with Crippen LogP contribution in [0.2, 0.25) is 0 Å². The molecule has 2 unspecified atom stereocenters. The van der Waals surface area contributed by atoms with Crippen LogP contribution in [0.25, 0.3) is 0 Å². The molecule has 1 aliphatic heterocycles. The zero-order valence-electron chi connectivity index (χ0n) is 9.01. The summed E-state index contributed by atoms with van der Waals surface area (Å²) in [5.41, 5.74) is 0. The lowest BCUT2D eigenvalue weighted by Gasteiger charge is -2.21. The van der Waals surface area contributed by atoms with Gasteiger partial charge in [-0.1, -0.05) is 6.92 Å². The minimum atomic E-state index is 0.314. The molecule has 1 fully saturated rings. The summed E-state index contributed by atoms with van der Waals surface area (Å²) in [7, 11) is 0. The summed E-state index contributed by atoms with van der Waals surface area (Å²) in [6.45, 7) is 6.07. The van der Waals surface area contributed by atoms with Crippen molar-refractivity contribution in [3.63, 3.8) is 0 Å². The van der Waals surface area contributed by atoms with Gasteiger partial charge >= 0.3 is 0 Å². The van der Waals surface area contributed by atoms with Gasteiger partial charge in [0.1, 0.15) is 0 Å². The van der Waals surface area contributed by atoms with E-state index < -0.39 is 0 Å². The zero-order chi connectivity index (χ0) is 10.4. The lowest BCUT2D eigenvalue weighted by atomic mass is 10.1. The average molecular weight is 216 g/mol. The van der Waals surface area contributed by atoms with Crippen molar-refractivity contribution in [1.82, 2.24) is 10.6 Å². The van der Waals surface area contributed by atoms with Crippen LogP contribution in [0.4, 0.5) is 0 Å². The first-order chi connectivity index (χ1) is 6.74. The van der Waals surface area contributed by atoms with E-state index in [0.29, 0.717) is 12.1 Å². The largest absolute Gasteiger partial charge is 0.376 e. The normalized spacial score (nSPS) is 23.1. The molecule has 0 radical (unpaired) electrons. The third kappa shape index (κ3) is 3.80. The van der Waals surface area contributed by atoms with E-state index in [9.17, 15) is 0 Å². The summed E-state index contributed by atoms with van der Waals surface area (Å²) in [6, 6.07) is 0.314. The maximum atomic E-state index is 5.57. The molecule has 2 atom stereocenters. The van der Waals surface area contributed by atoms with Gasteiger partial charge in [-0.3, -0.25) is 0 Å². The predicted molar refractivity (Wildman–Crippen MR) is 62.5 cm³/mol. The first kappa shape index (κ1) is 11.7. The van der Waals surface area contributed by atoms with Crippen LogP contribution in [0.1, 0.15) is 33.1 Å². The summed E-state index contributed by atoms with van der Waals surface area (Å²) in [4.78, 5) is 0. The van der Waals surface area contributed by atoms with E-state index >= 15 is 0 Å². The van der Waals surface area contributed by atoms with Gasteiger partial charge in [0.25, 0.3) is 0 Å². The molecular weight excluding hydrogens is 196 g/mol. The van der Waals surface area contributed by atoms with E-state index in [2.05, 4.69) is 24.5 Å². The standard InChI is InChI=1S/C10H20N2OS/c1-3-6-11-10(14)12-8(2)9-5-4-7-13-9/h8-9H,3-7H2,1-2H3,(H2,11,12,14). The predicted octanol–water partition coefficient (Wildman–Crippen LogP) is 1.43. The van der Waals surface area contributed by atoms with Gasteiger partial charge in [0, 0.05) is 13.2 Å². The van der Waals surface area contributed by atoms with Crippen molar-refractivity contribution in [2.75, 3.05) is 13.2 Å². The lowest BCUT2D eigenvalue weighted by molar-refractivity contribution is 0.0893. The van der Waals surface area contributed by atoms with Crippen LogP contribution < -0.4 is 10.6 Å². The van der Waals surface area contributed by atoms with Crippen LogP contribution >= 0.6 is 12.2 Å². The Balaban J connectivity index is 2.18. The number of hydrogen-bond donors (Lipinski definition) is 2. The SMILES string of the molecule is CCCNC(=S)NC(C)C1CCCO1. The molecule has 1 saturated heterocycles. The van der Waals surface area contributed by atoms with Gasteiger partial charge in [-0.25, -0.2) is 0 Å². The third-order valence-electron chi connectivity index (χ3n) is 2.42. The average Bonchev–Trinajstić information content (AvgIpc) is 2.67. The molecule has 0 spiro atoms. The summed E-state index contributed by atoms with van der Waals surface area (Å²) >= 11 is 5.15. The first-order valence-electron chi connectivity index (χ1n) is 5.40. The smallest absolute Gasteiger partial charge is 0.166 e. The highest BCUT2D eigenvalue weighted by molar-refractivity contribution is 7.80. The molecule has 0 bridgehead atoms. The van der Waals surface area contributed by atoms with E-state index in [0.717, 1.165) is 31.1 Å². The van der Waals surface area contributed by atoms with Gasteiger partial charge in [-0.05, 0) is 38.4 Å². The van der Waals surface area contributed by atoms with Crippen molar-refractivity contribution in [2.24, 2.45) is 0 Å². The molecular formula is C10H20N2OS. The van der Waals surface area contributed by atoms with E-state index in [1.807, 2.05) is 0 Å². The molecule has 0 aromatic heterocycles. The van der Waals surface area contributed by atoms with Crippen LogP contribution in [-0.4, -0.2) is 30.4 Å². The monoisotopic (exact) mass is 216 g/mol.